The third-order valence-electron chi connectivity index (χ3n) is 6.06. The fourth-order valence-corrected chi connectivity index (χ4v) is 4.86. The Labute approximate surface area is 147 Å². The van der Waals surface area contributed by atoms with Crippen molar-refractivity contribution in [1.82, 2.24) is 19.6 Å². The molecule has 2 bridgehead atoms. The van der Waals surface area contributed by atoms with Gasteiger partial charge >= 0.3 is 0 Å². The monoisotopic (exact) mass is 339 g/mol. The molecule has 0 saturated carbocycles. The van der Waals surface area contributed by atoms with Crippen molar-refractivity contribution >= 4 is 11.6 Å². The van der Waals surface area contributed by atoms with Gasteiger partial charge in [-0.1, -0.05) is 0 Å². The van der Waals surface area contributed by atoms with Gasteiger partial charge in [-0.25, -0.2) is 4.98 Å². The lowest BCUT2D eigenvalue weighted by Gasteiger charge is -2.23. The molecule has 5 rings (SSSR count). The van der Waals surface area contributed by atoms with Crippen molar-refractivity contribution < 1.29 is 4.74 Å². The van der Waals surface area contributed by atoms with Gasteiger partial charge in [0.05, 0.1) is 24.4 Å². The molecule has 0 aromatic carbocycles. The number of fused-ring (bicyclic) bond motifs is 6. The quantitative estimate of drug-likeness (QED) is 0.670. The summed E-state index contributed by atoms with van der Waals surface area (Å²) >= 11 is 0. The average Bonchev–Trinajstić information content (AvgIpc) is 3.35. The van der Waals surface area contributed by atoms with Crippen LogP contribution in [-0.4, -0.2) is 52.6 Å². The van der Waals surface area contributed by atoms with Crippen LogP contribution < -0.4 is 5.32 Å². The van der Waals surface area contributed by atoms with Crippen LogP contribution in [0.15, 0.2) is 29.5 Å². The lowest BCUT2D eigenvalue weighted by molar-refractivity contribution is 0.0767. The second-order valence-corrected chi connectivity index (χ2v) is 7.63. The van der Waals surface area contributed by atoms with Crippen LogP contribution in [0.4, 0.5) is 0 Å². The molecule has 132 valence electrons. The van der Waals surface area contributed by atoms with Crippen LogP contribution >= 0.6 is 0 Å². The molecule has 0 amide bonds. The van der Waals surface area contributed by atoms with Gasteiger partial charge in [0.1, 0.15) is 5.65 Å². The van der Waals surface area contributed by atoms with Gasteiger partial charge in [0.2, 0.25) is 0 Å². The van der Waals surface area contributed by atoms with Crippen LogP contribution in [0.5, 0.6) is 0 Å². The number of aryl methyl sites for hydroxylation is 1. The Balaban J connectivity index is 1.26. The zero-order valence-corrected chi connectivity index (χ0v) is 14.9. The van der Waals surface area contributed by atoms with E-state index >= 15 is 0 Å². The second-order valence-electron chi connectivity index (χ2n) is 7.63. The van der Waals surface area contributed by atoms with Gasteiger partial charge in [-0.15, -0.1) is 0 Å². The van der Waals surface area contributed by atoms with Crippen molar-refractivity contribution in [2.75, 3.05) is 20.1 Å². The first kappa shape index (κ1) is 15.2. The lowest BCUT2D eigenvalue weighted by Crippen LogP contribution is -2.41. The molecular formula is C19H25N5O. The Morgan fingerprint density at radius 1 is 1.32 bits per heavy atom. The highest BCUT2D eigenvalue weighted by molar-refractivity contribution is 5.80. The van der Waals surface area contributed by atoms with Gasteiger partial charge < -0.3 is 19.4 Å². The third-order valence-corrected chi connectivity index (χ3v) is 6.06. The molecule has 3 saturated heterocycles. The number of likely N-dealkylation sites (tertiary alicyclic amines) is 1. The van der Waals surface area contributed by atoms with E-state index in [2.05, 4.69) is 51.1 Å². The molecule has 0 radical (unpaired) electrons. The van der Waals surface area contributed by atoms with E-state index in [0.29, 0.717) is 30.6 Å². The maximum absolute atomic E-state index is 6.07. The summed E-state index contributed by atoms with van der Waals surface area (Å²) in [4.78, 5) is 11.6. The molecule has 1 N–H and O–H groups in total. The summed E-state index contributed by atoms with van der Waals surface area (Å²) < 4.78 is 8.15. The van der Waals surface area contributed by atoms with Crippen molar-refractivity contribution in [3.63, 3.8) is 0 Å². The highest BCUT2D eigenvalue weighted by atomic mass is 16.5. The third kappa shape index (κ3) is 2.51. The first-order chi connectivity index (χ1) is 12.2. The minimum atomic E-state index is 0.486. The maximum atomic E-state index is 6.07. The number of aromatic nitrogens is 2. The highest BCUT2D eigenvalue weighted by Gasteiger charge is 2.53. The number of guanidine groups is 1. The first-order valence-corrected chi connectivity index (χ1v) is 9.26. The Hall–Kier alpha value is -2.08. The predicted octanol–water partition coefficient (Wildman–Crippen LogP) is 1.83. The number of rotatable bonds is 2. The maximum Gasteiger partial charge on any atom is 0.193 e. The summed E-state index contributed by atoms with van der Waals surface area (Å²) in [7, 11) is 1.87. The van der Waals surface area contributed by atoms with E-state index in [1.165, 1.54) is 18.4 Å². The van der Waals surface area contributed by atoms with E-state index in [1.54, 1.807) is 0 Å². The summed E-state index contributed by atoms with van der Waals surface area (Å²) in [6.07, 6.45) is 7.60. The summed E-state index contributed by atoms with van der Waals surface area (Å²) in [5.74, 6) is 2.37. The van der Waals surface area contributed by atoms with E-state index in [1.807, 2.05) is 7.05 Å². The zero-order valence-electron chi connectivity index (χ0n) is 14.9. The summed E-state index contributed by atoms with van der Waals surface area (Å²) in [6.45, 7) is 4.92. The van der Waals surface area contributed by atoms with Gasteiger partial charge in [-0.3, -0.25) is 4.99 Å². The van der Waals surface area contributed by atoms with Crippen LogP contribution in [0.1, 0.15) is 24.1 Å². The topological polar surface area (TPSA) is 54.2 Å². The Morgan fingerprint density at radius 3 is 2.80 bits per heavy atom. The number of hydrogen-bond acceptors (Lipinski definition) is 3. The molecule has 2 aromatic heterocycles. The Kier molecular flexibility index (Phi) is 3.48. The molecule has 3 aliphatic rings. The molecule has 4 unspecified atom stereocenters. The molecule has 6 nitrogen and oxygen atoms in total. The fraction of sp³-hybridized carbons (Fsp3) is 0.579. The molecule has 25 heavy (non-hydrogen) atoms. The van der Waals surface area contributed by atoms with Crippen molar-refractivity contribution in [2.45, 2.75) is 38.5 Å². The molecule has 0 aliphatic carbocycles. The van der Waals surface area contributed by atoms with E-state index in [0.717, 1.165) is 30.4 Å². The lowest BCUT2D eigenvalue weighted by atomic mass is 9.82. The Morgan fingerprint density at radius 2 is 2.08 bits per heavy atom. The molecular weight excluding hydrogens is 314 g/mol. The molecule has 3 fully saturated rings. The number of aliphatic imine (C=N–C) groups is 1. The van der Waals surface area contributed by atoms with Gasteiger partial charge in [0, 0.05) is 44.4 Å². The van der Waals surface area contributed by atoms with Crippen molar-refractivity contribution in [2.24, 2.45) is 16.8 Å². The largest absolute Gasteiger partial charge is 0.374 e. The van der Waals surface area contributed by atoms with Gasteiger partial charge in [0.15, 0.2) is 5.96 Å². The van der Waals surface area contributed by atoms with Gasteiger partial charge in [-0.2, -0.15) is 0 Å². The molecule has 0 spiro atoms. The zero-order chi connectivity index (χ0) is 17.0. The van der Waals surface area contributed by atoms with Crippen LogP contribution in [0.3, 0.4) is 0 Å². The summed E-state index contributed by atoms with van der Waals surface area (Å²) in [5.41, 5.74) is 3.26. The van der Waals surface area contributed by atoms with E-state index in [4.69, 9.17) is 9.72 Å². The molecule has 5 heterocycles. The van der Waals surface area contributed by atoms with E-state index in [9.17, 15) is 0 Å². The molecule has 3 aliphatic heterocycles. The van der Waals surface area contributed by atoms with Crippen LogP contribution in [0.25, 0.3) is 5.65 Å². The van der Waals surface area contributed by atoms with Gasteiger partial charge in [-0.05, 0) is 37.5 Å². The fourth-order valence-electron chi connectivity index (χ4n) is 4.86. The second kappa shape index (κ2) is 5.73. The predicted molar refractivity (Wildman–Crippen MR) is 96.6 cm³/mol. The van der Waals surface area contributed by atoms with Crippen molar-refractivity contribution in [3.8, 4) is 0 Å². The minimum Gasteiger partial charge on any atom is -0.374 e. The Bertz CT molecular complexity index is 810. The first-order valence-electron chi connectivity index (χ1n) is 9.26. The average molecular weight is 339 g/mol. The molecule has 6 heteroatoms. The minimum absolute atomic E-state index is 0.486. The standard InChI is InChI=1S/C19H25N5O/c1-12-5-6-23-9-13(22-18(23)7-12)8-21-19(20-2)24-10-14-15(11-24)17-4-3-16(14)25-17/h5-7,9,14-17H,3-4,8,10-11H2,1-2H3,(H,20,21). The molecule has 4 atom stereocenters. The summed E-state index contributed by atoms with van der Waals surface area (Å²) in [5, 5.41) is 3.50. The van der Waals surface area contributed by atoms with E-state index < -0.39 is 0 Å². The molecule has 2 aromatic rings. The summed E-state index contributed by atoms with van der Waals surface area (Å²) in [6, 6.07) is 4.21. The highest BCUT2D eigenvalue weighted by Crippen LogP contribution is 2.47. The van der Waals surface area contributed by atoms with Crippen LogP contribution in [-0.2, 0) is 11.3 Å². The van der Waals surface area contributed by atoms with Crippen LogP contribution in [0.2, 0.25) is 0 Å². The number of nitrogens with zero attached hydrogens (tertiary/aromatic N) is 4. The smallest absolute Gasteiger partial charge is 0.193 e. The SMILES string of the molecule is CN=C(NCc1cn2ccc(C)cc2n1)N1CC2C3CCC(O3)C2C1. The number of pyridine rings is 1. The normalized spacial score (nSPS) is 31.1. The number of imidazole rings is 1. The van der Waals surface area contributed by atoms with Crippen molar-refractivity contribution in [1.29, 1.82) is 0 Å². The van der Waals surface area contributed by atoms with Crippen LogP contribution in [0, 0.1) is 18.8 Å². The number of hydrogen-bond donors (Lipinski definition) is 1. The number of ether oxygens (including phenoxy) is 1. The van der Waals surface area contributed by atoms with Crippen molar-refractivity contribution in [3.05, 3.63) is 35.8 Å². The van der Waals surface area contributed by atoms with Gasteiger partial charge in [0.25, 0.3) is 0 Å². The van der Waals surface area contributed by atoms with E-state index in [-0.39, 0.29) is 0 Å². The number of nitrogens with one attached hydrogen (secondary N) is 1.